The Morgan fingerprint density at radius 2 is 2.23 bits per heavy atom. The van der Waals surface area contributed by atoms with Gasteiger partial charge in [-0.2, -0.15) is 0 Å². The third-order valence-electron chi connectivity index (χ3n) is 1.88. The summed E-state index contributed by atoms with van der Waals surface area (Å²) in [5.41, 5.74) is 6.49. The largest absolute Gasteiger partial charge is 0.506 e. The van der Waals surface area contributed by atoms with Crippen LogP contribution in [0.1, 0.15) is 4.88 Å². The number of halogens is 1. The summed E-state index contributed by atoms with van der Waals surface area (Å²) in [6.07, 6.45) is 0. The molecule has 0 aliphatic heterocycles. The first-order chi connectivity index (χ1) is 6.22. The van der Waals surface area contributed by atoms with Gasteiger partial charge in [-0.25, -0.2) is 0 Å². The first kappa shape index (κ1) is 8.84. The Kier molecular flexibility index (Phi) is 2.17. The molecule has 2 nitrogen and oxygen atoms in total. The molecule has 0 amide bonds. The van der Waals surface area contributed by atoms with Crippen LogP contribution in [0.15, 0.2) is 18.2 Å². The van der Waals surface area contributed by atoms with E-state index in [4.69, 9.17) is 5.73 Å². The lowest BCUT2D eigenvalue weighted by Gasteiger charge is -1.96. The highest BCUT2D eigenvalue weighted by Gasteiger charge is 2.07. The van der Waals surface area contributed by atoms with Crippen LogP contribution in [0.2, 0.25) is 0 Å². The highest BCUT2D eigenvalue weighted by atomic mass is 79.9. The maximum Gasteiger partial charge on any atom is 0.133 e. The van der Waals surface area contributed by atoms with Crippen molar-refractivity contribution in [3.05, 3.63) is 23.1 Å². The maximum atomic E-state index is 9.54. The van der Waals surface area contributed by atoms with E-state index in [0.717, 1.165) is 21.1 Å². The molecule has 0 aliphatic carbocycles. The van der Waals surface area contributed by atoms with E-state index in [1.54, 1.807) is 23.5 Å². The van der Waals surface area contributed by atoms with Crippen LogP contribution in [-0.4, -0.2) is 5.11 Å². The molecule has 13 heavy (non-hydrogen) atoms. The Hall–Kier alpha value is -0.740. The van der Waals surface area contributed by atoms with Crippen molar-refractivity contribution in [2.24, 2.45) is 0 Å². The Balaban J connectivity index is 2.80. The number of phenols is 1. The van der Waals surface area contributed by atoms with E-state index in [0.29, 0.717) is 5.75 Å². The number of alkyl halides is 1. The quantitative estimate of drug-likeness (QED) is 0.469. The fourth-order valence-corrected chi connectivity index (χ4v) is 2.70. The van der Waals surface area contributed by atoms with E-state index >= 15 is 0 Å². The minimum absolute atomic E-state index is 0.307. The van der Waals surface area contributed by atoms with E-state index in [2.05, 4.69) is 15.9 Å². The van der Waals surface area contributed by atoms with Crippen molar-refractivity contribution >= 4 is 43.0 Å². The lowest BCUT2D eigenvalue weighted by Crippen LogP contribution is -1.83. The minimum Gasteiger partial charge on any atom is -0.506 e. The number of fused-ring (bicyclic) bond motifs is 1. The monoisotopic (exact) mass is 257 g/mol. The maximum absolute atomic E-state index is 9.54. The second-order valence-electron chi connectivity index (χ2n) is 2.76. The summed E-state index contributed by atoms with van der Waals surface area (Å²) in [5.74, 6) is 0.307. The lowest BCUT2D eigenvalue weighted by atomic mass is 10.2. The highest BCUT2D eigenvalue weighted by Crippen LogP contribution is 2.36. The smallest absolute Gasteiger partial charge is 0.133 e. The second kappa shape index (κ2) is 3.20. The molecule has 1 heterocycles. The molecule has 4 heteroatoms. The van der Waals surface area contributed by atoms with Gasteiger partial charge in [0.15, 0.2) is 0 Å². The zero-order chi connectivity index (χ0) is 9.42. The van der Waals surface area contributed by atoms with Crippen molar-refractivity contribution in [3.8, 4) is 5.75 Å². The van der Waals surface area contributed by atoms with Gasteiger partial charge in [-0.1, -0.05) is 15.9 Å². The summed E-state index contributed by atoms with van der Waals surface area (Å²) < 4.78 is 0.870. The van der Waals surface area contributed by atoms with Gasteiger partial charge in [0, 0.05) is 21.3 Å². The van der Waals surface area contributed by atoms with Crippen LogP contribution in [0, 0.1) is 0 Å². The lowest BCUT2D eigenvalue weighted by molar-refractivity contribution is 0.482. The number of anilines is 1. The standard InChI is InChI=1S/C9H8BrNOS/c10-4-5-3-6-7(11)1-2-8(12)9(6)13-5/h1-3,12H,4,11H2. The number of nitrogens with two attached hydrogens (primary N) is 1. The number of rotatable bonds is 1. The first-order valence-corrected chi connectivity index (χ1v) is 5.72. The average Bonchev–Trinajstić information content (AvgIpc) is 2.56. The van der Waals surface area contributed by atoms with E-state index < -0.39 is 0 Å². The van der Waals surface area contributed by atoms with Crippen molar-refractivity contribution in [2.45, 2.75) is 5.33 Å². The summed E-state index contributed by atoms with van der Waals surface area (Å²) in [6.45, 7) is 0. The van der Waals surface area contributed by atoms with Gasteiger partial charge in [0.2, 0.25) is 0 Å². The first-order valence-electron chi connectivity index (χ1n) is 3.78. The summed E-state index contributed by atoms with van der Waals surface area (Å²) in [7, 11) is 0. The number of phenolic OH excluding ortho intramolecular Hbond substituents is 1. The third kappa shape index (κ3) is 1.40. The number of hydrogen-bond acceptors (Lipinski definition) is 3. The number of benzene rings is 1. The van der Waals surface area contributed by atoms with Gasteiger partial charge >= 0.3 is 0 Å². The van der Waals surface area contributed by atoms with E-state index in [1.807, 2.05) is 6.07 Å². The van der Waals surface area contributed by atoms with Crippen molar-refractivity contribution in [3.63, 3.8) is 0 Å². The molecule has 1 aromatic carbocycles. The molecule has 68 valence electrons. The summed E-state index contributed by atoms with van der Waals surface area (Å²) >= 11 is 4.93. The van der Waals surface area contributed by atoms with E-state index in [1.165, 1.54) is 4.88 Å². The fourth-order valence-electron chi connectivity index (χ4n) is 1.25. The van der Waals surface area contributed by atoms with E-state index in [9.17, 15) is 5.11 Å². The molecule has 0 spiro atoms. The molecule has 0 aliphatic rings. The molecule has 2 aromatic rings. The number of hydrogen-bond donors (Lipinski definition) is 2. The summed E-state index contributed by atoms with van der Waals surface area (Å²) in [5, 5.41) is 11.3. The van der Waals surface area contributed by atoms with Crippen LogP contribution >= 0.6 is 27.3 Å². The molecule has 0 saturated carbocycles. The fraction of sp³-hybridized carbons (Fsp3) is 0.111. The Morgan fingerprint density at radius 1 is 1.46 bits per heavy atom. The molecule has 0 atom stereocenters. The van der Waals surface area contributed by atoms with Crippen molar-refractivity contribution in [1.82, 2.24) is 0 Å². The van der Waals surface area contributed by atoms with Gasteiger partial charge < -0.3 is 10.8 Å². The SMILES string of the molecule is Nc1ccc(O)c2sc(CBr)cc12. The normalized spacial score (nSPS) is 10.8. The van der Waals surface area contributed by atoms with Gasteiger partial charge in [0.1, 0.15) is 5.75 Å². The van der Waals surface area contributed by atoms with Crippen LogP contribution in [0.5, 0.6) is 5.75 Å². The number of thiophene rings is 1. The Bertz CT molecular complexity index is 413. The number of aromatic hydroxyl groups is 1. The molecule has 0 unspecified atom stereocenters. The Labute approximate surface area is 88.1 Å². The molecule has 2 rings (SSSR count). The molecule has 1 aromatic heterocycles. The predicted octanol–water partition coefficient (Wildman–Crippen LogP) is 3.08. The zero-order valence-electron chi connectivity index (χ0n) is 6.75. The summed E-state index contributed by atoms with van der Waals surface area (Å²) in [6, 6.07) is 5.36. The van der Waals surface area contributed by atoms with E-state index in [-0.39, 0.29) is 0 Å². The van der Waals surface area contributed by atoms with Gasteiger partial charge in [-0.3, -0.25) is 0 Å². The second-order valence-corrected chi connectivity index (χ2v) is 4.46. The molecule has 3 N–H and O–H groups in total. The van der Waals surface area contributed by atoms with Crippen molar-refractivity contribution < 1.29 is 5.11 Å². The molecule has 0 saturated heterocycles. The molecular weight excluding hydrogens is 250 g/mol. The summed E-state index contributed by atoms with van der Waals surface area (Å²) in [4.78, 5) is 1.17. The van der Waals surface area contributed by atoms with Gasteiger partial charge in [-0.15, -0.1) is 11.3 Å². The van der Waals surface area contributed by atoms with Crippen molar-refractivity contribution in [1.29, 1.82) is 0 Å². The van der Waals surface area contributed by atoms with Crippen LogP contribution in [0.4, 0.5) is 5.69 Å². The van der Waals surface area contributed by atoms with Gasteiger partial charge in [0.25, 0.3) is 0 Å². The third-order valence-corrected chi connectivity index (χ3v) is 4.01. The van der Waals surface area contributed by atoms with Crippen LogP contribution in [0.3, 0.4) is 0 Å². The molecule has 0 fully saturated rings. The number of nitrogen functional groups attached to an aromatic ring is 1. The van der Waals surface area contributed by atoms with Crippen LogP contribution in [0.25, 0.3) is 10.1 Å². The molecule has 0 bridgehead atoms. The topological polar surface area (TPSA) is 46.2 Å². The molecular formula is C9H8BrNOS. The van der Waals surface area contributed by atoms with Crippen LogP contribution < -0.4 is 5.73 Å². The van der Waals surface area contributed by atoms with Crippen LogP contribution in [-0.2, 0) is 5.33 Å². The van der Waals surface area contributed by atoms with Gasteiger partial charge in [0.05, 0.1) is 4.70 Å². The van der Waals surface area contributed by atoms with Crippen molar-refractivity contribution in [2.75, 3.05) is 5.73 Å². The zero-order valence-corrected chi connectivity index (χ0v) is 9.15. The molecule has 0 radical (unpaired) electrons. The average molecular weight is 258 g/mol. The highest BCUT2D eigenvalue weighted by molar-refractivity contribution is 9.08. The van der Waals surface area contributed by atoms with Gasteiger partial charge in [-0.05, 0) is 18.2 Å². The minimum atomic E-state index is 0.307. The predicted molar refractivity (Wildman–Crippen MR) is 60.5 cm³/mol. The Morgan fingerprint density at radius 3 is 2.85 bits per heavy atom.